The number of hydrogen-bond donors (Lipinski definition) is 0. The Morgan fingerprint density at radius 3 is 2.83 bits per heavy atom. The lowest BCUT2D eigenvalue weighted by atomic mass is 10.2. The number of aromatic nitrogens is 1. The minimum atomic E-state index is -0.675. The molecule has 0 N–H and O–H groups in total. The molecular weight excluding hydrogens is 233 g/mol. The molecule has 0 saturated carbocycles. The largest absolute Gasteiger partial charge is 0.336 e. The van der Waals surface area contributed by atoms with Crippen molar-refractivity contribution in [1.82, 2.24) is 9.88 Å². The maximum atomic E-state index is 13.0. The van der Waals surface area contributed by atoms with E-state index in [1.807, 2.05) is 19.9 Å². The molecule has 0 unspecified atom stereocenters. The standard InChI is InChI=1S/C13H16FN3O/c1-10(2)9-17(8-4-7-15)13(18)11-5-3-6-12(14)16-11/h3,5-6,10H,4,8-9H2,1-2H3. The molecule has 0 aliphatic heterocycles. The number of amides is 1. The fourth-order valence-electron chi connectivity index (χ4n) is 1.59. The van der Waals surface area contributed by atoms with Gasteiger partial charge in [0.2, 0.25) is 5.95 Å². The molecule has 0 atom stereocenters. The van der Waals surface area contributed by atoms with Gasteiger partial charge in [0, 0.05) is 13.1 Å². The first-order valence-electron chi connectivity index (χ1n) is 5.83. The highest BCUT2D eigenvalue weighted by Gasteiger charge is 2.18. The van der Waals surface area contributed by atoms with Crippen LogP contribution in [0.4, 0.5) is 4.39 Å². The Labute approximate surface area is 106 Å². The third kappa shape index (κ3) is 4.13. The van der Waals surface area contributed by atoms with E-state index in [4.69, 9.17) is 5.26 Å². The van der Waals surface area contributed by atoms with Crippen LogP contribution in [0.2, 0.25) is 0 Å². The maximum Gasteiger partial charge on any atom is 0.272 e. The average molecular weight is 249 g/mol. The molecule has 0 aliphatic carbocycles. The SMILES string of the molecule is CC(C)CN(CCC#N)C(=O)c1cccc(F)n1. The summed E-state index contributed by atoms with van der Waals surface area (Å²) >= 11 is 0. The lowest BCUT2D eigenvalue weighted by Crippen LogP contribution is -2.35. The first-order valence-corrected chi connectivity index (χ1v) is 5.83. The van der Waals surface area contributed by atoms with Crippen molar-refractivity contribution in [2.45, 2.75) is 20.3 Å². The van der Waals surface area contributed by atoms with Crippen LogP contribution in [-0.2, 0) is 0 Å². The predicted molar refractivity (Wildman–Crippen MR) is 65.2 cm³/mol. The monoisotopic (exact) mass is 249 g/mol. The van der Waals surface area contributed by atoms with E-state index >= 15 is 0 Å². The first kappa shape index (κ1) is 14.1. The van der Waals surface area contributed by atoms with Gasteiger partial charge in [-0.25, -0.2) is 4.98 Å². The molecule has 4 nitrogen and oxygen atoms in total. The summed E-state index contributed by atoms with van der Waals surface area (Å²) in [5, 5.41) is 8.58. The van der Waals surface area contributed by atoms with Gasteiger partial charge in [-0.05, 0) is 18.1 Å². The van der Waals surface area contributed by atoms with Crippen molar-refractivity contribution in [1.29, 1.82) is 5.26 Å². The molecule has 18 heavy (non-hydrogen) atoms. The highest BCUT2D eigenvalue weighted by molar-refractivity contribution is 5.92. The molecule has 1 aromatic rings. The Kier molecular flexibility index (Phi) is 5.25. The molecule has 0 aromatic carbocycles. The van der Waals surface area contributed by atoms with E-state index in [-0.39, 0.29) is 23.9 Å². The van der Waals surface area contributed by atoms with Crippen LogP contribution < -0.4 is 0 Å². The lowest BCUT2D eigenvalue weighted by molar-refractivity contribution is 0.0732. The summed E-state index contributed by atoms with van der Waals surface area (Å²) in [7, 11) is 0. The van der Waals surface area contributed by atoms with Gasteiger partial charge in [0.05, 0.1) is 12.5 Å². The van der Waals surface area contributed by atoms with Gasteiger partial charge >= 0.3 is 0 Å². The van der Waals surface area contributed by atoms with E-state index in [1.165, 1.54) is 23.1 Å². The van der Waals surface area contributed by atoms with E-state index in [0.717, 1.165) is 0 Å². The number of hydrogen-bond acceptors (Lipinski definition) is 3. The topological polar surface area (TPSA) is 57.0 Å². The number of nitriles is 1. The number of rotatable bonds is 5. The van der Waals surface area contributed by atoms with Crippen LogP contribution in [0.25, 0.3) is 0 Å². The minimum absolute atomic E-state index is 0.0774. The van der Waals surface area contributed by atoms with Gasteiger partial charge in [0.25, 0.3) is 5.91 Å². The lowest BCUT2D eigenvalue weighted by Gasteiger charge is -2.23. The average Bonchev–Trinajstić information content (AvgIpc) is 2.33. The molecule has 96 valence electrons. The molecule has 0 bridgehead atoms. The van der Waals surface area contributed by atoms with E-state index < -0.39 is 5.95 Å². The zero-order chi connectivity index (χ0) is 13.5. The molecule has 0 fully saturated rings. The smallest absolute Gasteiger partial charge is 0.272 e. The summed E-state index contributed by atoms with van der Waals surface area (Å²) in [5.41, 5.74) is 0.0774. The molecule has 1 rings (SSSR count). The zero-order valence-corrected chi connectivity index (χ0v) is 10.6. The van der Waals surface area contributed by atoms with Gasteiger partial charge in [-0.3, -0.25) is 4.79 Å². The van der Waals surface area contributed by atoms with Gasteiger partial charge in [0.15, 0.2) is 0 Å². The molecule has 1 amide bonds. The molecule has 0 saturated heterocycles. The Bertz CT molecular complexity index is 454. The van der Waals surface area contributed by atoms with Crippen LogP contribution in [0.5, 0.6) is 0 Å². The normalized spacial score (nSPS) is 10.2. The number of pyridine rings is 1. The Hall–Kier alpha value is -1.96. The molecule has 0 spiro atoms. The van der Waals surface area contributed by atoms with Crippen LogP contribution in [0.15, 0.2) is 18.2 Å². The fourth-order valence-corrected chi connectivity index (χ4v) is 1.59. The van der Waals surface area contributed by atoms with E-state index in [2.05, 4.69) is 4.98 Å². The first-order chi connectivity index (χ1) is 8.54. The van der Waals surface area contributed by atoms with Crippen molar-refractivity contribution in [3.05, 3.63) is 29.8 Å². The van der Waals surface area contributed by atoms with Crippen LogP contribution in [-0.4, -0.2) is 28.9 Å². The molecule has 1 aromatic heterocycles. The predicted octanol–water partition coefficient (Wildman–Crippen LogP) is 2.23. The minimum Gasteiger partial charge on any atom is -0.336 e. The van der Waals surface area contributed by atoms with Gasteiger partial charge < -0.3 is 4.90 Å². The summed E-state index contributed by atoms with van der Waals surface area (Å²) in [6, 6.07) is 6.12. The Balaban J connectivity index is 2.84. The summed E-state index contributed by atoms with van der Waals surface area (Å²) in [6.07, 6.45) is 0.258. The van der Waals surface area contributed by atoms with E-state index in [0.29, 0.717) is 13.1 Å². The summed E-state index contributed by atoms with van der Waals surface area (Å²) < 4.78 is 13.0. The van der Waals surface area contributed by atoms with Crippen molar-refractivity contribution in [3.8, 4) is 6.07 Å². The number of carbonyl (C=O) groups is 1. The number of halogens is 1. The second kappa shape index (κ2) is 6.70. The summed E-state index contributed by atoms with van der Waals surface area (Å²) in [4.78, 5) is 17.2. The van der Waals surface area contributed by atoms with E-state index in [1.54, 1.807) is 0 Å². The number of carbonyl (C=O) groups excluding carboxylic acids is 1. The summed E-state index contributed by atoms with van der Waals surface area (Å²) in [6.45, 7) is 4.82. The summed E-state index contributed by atoms with van der Waals surface area (Å²) in [5.74, 6) is -0.731. The fraction of sp³-hybridized carbons (Fsp3) is 0.462. The second-order valence-electron chi connectivity index (χ2n) is 4.40. The molecule has 0 aliphatic rings. The van der Waals surface area contributed by atoms with Crippen LogP contribution >= 0.6 is 0 Å². The molecular formula is C13H16FN3O. The van der Waals surface area contributed by atoms with Crippen molar-refractivity contribution >= 4 is 5.91 Å². The van der Waals surface area contributed by atoms with Gasteiger partial charge in [-0.2, -0.15) is 9.65 Å². The van der Waals surface area contributed by atoms with Gasteiger partial charge in [0.1, 0.15) is 5.69 Å². The van der Waals surface area contributed by atoms with Gasteiger partial charge in [-0.1, -0.05) is 19.9 Å². The number of nitrogens with zero attached hydrogens (tertiary/aromatic N) is 3. The van der Waals surface area contributed by atoms with E-state index in [9.17, 15) is 9.18 Å². The highest BCUT2D eigenvalue weighted by atomic mass is 19.1. The van der Waals surface area contributed by atoms with Crippen molar-refractivity contribution in [2.75, 3.05) is 13.1 Å². The quantitative estimate of drug-likeness (QED) is 0.752. The molecule has 5 heteroatoms. The Morgan fingerprint density at radius 2 is 2.28 bits per heavy atom. The van der Waals surface area contributed by atoms with Crippen molar-refractivity contribution in [2.24, 2.45) is 5.92 Å². The van der Waals surface area contributed by atoms with Crippen molar-refractivity contribution in [3.63, 3.8) is 0 Å². The highest BCUT2D eigenvalue weighted by Crippen LogP contribution is 2.07. The zero-order valence-electron chi connectivity index (χ0n) is 10.6. The maximum absolute atomic E-state index is 13.0. The molecule has 0 radical (unpaired) electrons. The Morgan fingerprint density at radius 1 is 1.56 bits per heavy atom. The van der Waals surface area contributed by atoms with Crippen LogP contribution in [0.3, 0.4) is 0 Å². The third-order valence-corrected chi connectivity index (χ3v) is 2.30. The van der Waals surface area contributed by atoms with Crippen molar-refractivity contribution < 1.29 is 9.18 Å². The second-order valence-corrected chi connectivity index (χ2v) is 4.40. The molecule has 1 heterocycles. The third-order valence-electron chi connectivity index (χ3n) is 2.30. The van der Waals surface area contributed by atoms with Gasteiger partial charge in [-0.15, -0.1) is 0 Å². The van der Waals surface area contributed by atoms with Crippen LogP contribution in [0.1, 0.15) is 30.8 Å². The van der Waals surface area contributed by atoms with Crippen LogP contribution in [0, 0.1) is 23.2 Å².